The molecule has 0 aliphatic carbocycles. The van der Waals surface area contributed by atoms with Crippen molar-refractivity contribution in [3.05, 3.63) is 77.9 Å². The molecule has 0 spiro atoms. The Balaban J connectivity index is 1.25. The lowest BCUT2D eigenvalue weighted by Gasteiger charge is -2.27. The Hall–Kier alpha value is -6.08. The van der Waals surface area contributed by atoms with Gasteiger partial charge in [-0.2, -0.15) is 46.7 Å². The van der Waals surface area contributed by atoms with Crippen LogP contribution in [-0.2, 0) is 25.0 Å². The fraction of sp³-hybridized carbons (Fsp3) is 0.350. The quantitative estimate of drug-likeness (QED) is 0.0303. The number of rotatable bonds is 21. The molecule has 5 aromatic rings. The van der Waals surface area contributed by atoms with Crippen LogP contribution in [0.3, 0.4) is 0 Å². The molecule has 0 amide bonds. The summed E-state index contributed by atoms with van der Waals surface area (Å²) in [5, 5.41) is 15.6. The molecule has 3 aromatic carbocycles. The topological polar surface area (TPSA) is 265 Å². The van der Waals surface area contributed by atoms with E-state index in [2.05, 4.69) is 66.3 Å². The lowest BCUT2D eigenvalue weighted by Crippen LogP contribution is -2.37. The highest BCUT2D eigenvalue weighted by Gasteiger charge is 2.20. The van der Waals surface area contributed by atoms with E-state index in [-0.39, 0.29) is 46.3 Å². The minimum atomic E-state index is -4.83. The van der Waals surface area contributed by atoms with Crippen molar-refractivity contribution in [2.24, 2.45) is 0 Å². The van der Waals surface area contributed by atoms with Crippen molar-refractivity contribution in [1.82, 2.24) is 39.7 Å². The Morgan fingerprint density at radius 1 is 0.603 bits per heavy atom. The summed E-state index contributed by atoms with van der Waals surface area (Å²) in [4.78, 5) is 32.2. The Labute approximate surface area is 367 Å². The number of nitrogens with zero attached hydrogens (tertiary/aromatic N) is 9. The molecule has 0 bridgehead atoms. The minimum Gasteiger partial charge on any atom is -0.378 e. The maximum Gasteiger partial charge on any atom is 0.295 e. The first-order valence-corrected chi connectivity index (χ1v) is 22.9. The summed E-state index contributed by atoms with van der Waals surface area (Å²) < 4.78 is 77.0. The van der Waals surface area contributed by atoms with Crippen LogP contribution in [0, 0.1) is 0 Å². The van der Waals surface area contributed by atoms with E-state index in [9.17, 15) is 25.9 Å². The van der Waals surface area contributed by atoms with Crippen molar-refractivity contribution < 1.29 is 30.7 Å². The molecule has 1 fully saturated rings. The molecule has 1 saturated heterocycles. The van der Waals surface area contributed by atoms with Crippen molar-refractivity contribution in [1.29, 1.82) is 0 Å². The van der Waals surface area contributed by atoms with E-state index in [0.29, 0.717) is 51.3 Å². The third-order valence-electron chi connectivity index (χ3n) is 9.25. The van der Waals surface area contributed by atoms with Gasteiger partial charge in [0.25, 0.3) is 20.2 Å². The molecule has 23 heteroatoms. The average Bonchev–Trinajstić information content (AvgIpc) is 3.23. The molecule has 0 atom stereocenters. The third kappa shape index (κ3) is 14.2. The second-order valence-corrected chi connectivity index (χ2v) is 17.7. The molecule has 1 aliphatic heterocycles. The summed E-state index contributed by atoms with van der Waals surface area (Å²) in [6.07, 6.45) is 4.26. The van der Waals surface area contributed by atoms with Crippen molar-refractivity contribution in [2.75, 3.05) is 112 Å². The molecular weight excluding hydrogens is 853 g/mol. The van der Waals surface area contributed by atoms with Gasteiger partial charge in [-0.1, -0.05) is 42.5 Å². The number of hydrogen-bond donors (Lipinski definition) is 7. The predicted octanol–water partition coefficient (Wildman–Crippen LogP) is 4.52. The number of para-hydroxylation sites is 1. The van der Waals surface area contributed by atoms with E-state index in [0.717, 1.165) is 31.6 Å². The first kappa shape index (κ1) is 46.4. The number of benzene rings is 3. The van der Waals surface area contributed by atoms with Crippen molar-refractivity contribution >= 4 is 85.1 Å². The lowest BCUT2D eigenvalue weighted by atomic mass is 10.1. The Morgan fingerprint density at radius 3 is 1.51 bits per heavy atom. The van der Waals surface area contributed by atoms with Crippen LogP contribution in [0.2, 0.25) is 0 Å². The van der Waals surface area contributed by atoms with Gasteiger partial charge in [0.2, 0.25) is 35.7 Å². The van der Waals surface area contributed by atoms with E-state index in [1.807, 2.05) is 63.4 Å². The van der Waals surface area contributed by atoms with Crippen LogP contribution in [0.15, 0.2) is 76.5 Å². The molecule has 3 heterocycles. The van der Waals surface area contributed by atoms with Gasteiger partial charge in [-0.3, -0.25) is 9.11 Å². The normalized spacial score (nSPS) is 13.4. The third-order valence-corrected chi connectivity index (χ3v) is 11.1. The van der Waals surface area contributed by atoms with E-state index in [4.69, 9.17) is 4.74 Å². The van der Waals surface area contributed by atoms with Crippen molar-refractivity contribution in [2.45, 2.75) is 22.6 Å². The van der Waals surface area contributed by atoms with E-state index < -0.39 is 30.0 Å². The van der Waals surface area contributed by atoms with Crippen LogP contribution >= 0.6 is 0 Å². The maximum absolute atomic E-state index is 12.7. The molecule has 7 N–H and O–H groups in total. The van der Waals surface area contributed by atoms with Crippen LogP contribution in [-0.4, -0.2) is 146 Å². The van der Waals surface area contributed by atoms with Crippen molar-refractivity contribution in [3.8, 4) is 0 Å². The first-order valence-electron chi connectivity index (χ1n) is 20.0. The van der Waals surface area contributed by atoms with Gasteiger partial charge in [0.15, 0.2) is 0 Å². The highest BCUT2D eigenvalue weighted by molar-refractivity contribution is 7.86. The highest BCUT2D eigenvalue weighted by atomic mass is 32.2. The summed E-state index contributed by atoms with van der Waals surface area (Å²) in [6, 6.07) is 17.6. The number of aromatic nitrogens is 6. The molecule has 1 aliphatic rings. The number of anilines is 9. The monoisotopic (exact) mass is 904 g/mol. The number of morpholine rings is 1. The fourth-order valence-electron chi connectivity index (χ4n) is 6.20. The van der Waals surface area contributed by atoms with Gasteiger partial charge in [-0.15, -0.1) is 0 Å². The fourth-order valence-corrected chi connectivity index (χ4v) is 7.62. The molecule has 63 heavy (non-hydrogen) atoms. The van der Waals surface area contributed by atoms with E-state index in [1.165, 1.54) is 42.5 Å². The number of ether oxygens (including phenoxy) is 1. The zero-order chi connectivity index (χ0) is 45.0. The highest BCUT2D eigenvalue weighted by Crippen LogP contribution is 2.29. The summed E-state index contributed by atoms with van der Waals surface area (Å²) in [5.74, 6) is 1.43. The standard InChI is InChI=1S/C40H52N14O7S2/c1-52(2)20-8-18-41-35-46-37(43-30-10-6-5-7-11-30)49-38(47-35)44-31-16-14-28(33(26-31)62(55,56)57)12-13-29-15-17-32(27-34(29)63(58,59)60)45-39-48-36(42-19-9-21-53(3)4)50-40(51-39)54-22-24-61-25-23-54/h5-7,10-17,26-27H,8-9,18-25H2,1-4H3,(H,55,56,57)(H,58,59,60)(H2,42,45,48,50,51)(H3,41,43,44,46,47,49)/b13-12+. The van der Waals surface area contributed by atoms with E-state index >= 15 is 0 Å². The van der Waals surface area contributed by atoms with Crippen molar-refractivity contribution in [3.63, 3.8) is 0 Å². The van der Waals surface area contributed by atoms with E-state index in [1.54, 1.807) is 6.07 Å². The summed E-state index contributed by atoms with van der Waals surface area (Å²) in [7, 11) is -1.72. The summed E-state index contributed by atoms with van der Waals surface area (Å²) >= 11 is 0. The molecular formula is C40H52N14O7S2. The molecule has 336 valence electrons. The maximum atomic E-state index is 12.7. The molecule has 0 saturated carbocycles. The van der Waals surface area contributed by atoms with Gasteiger partial charge in [0, 0.05) is 43.2 Å². The second kappa shape index (κ2) is 21.3. The van der Waals surface area contributed by atoms with Crippen LogP contribution < -0.4 is 31.5 Å². The van der Waals surface area contributed by atoms with Gasteiger partial charge in [-0.05, 0) is 102 Å². The van der Waals surface area contributed by atoms with Crippen LogP contribution in [0.4, 0.5) is 52.8 Å². The molecule has 21 nitrogen and oxygen atoms in total. The number of hydrogen-bond acceptors (Lipinski definition) is 19. The lowest BCUT2D eigenvalue weighted by molar-refractivity contribution is 0.122. The number of nitrogens with one attached hydrogen (secondary N) is 5. The smallest absolute Gasteiger partial charge is 0.295 e. The van der Waals surface area contributed by atoms with Crippen LogP contribution in [0.25, 0.3) is 12.2 Å². The average molecular weight is 905 g/mol. The SMILES string of the molecule is CN(C)CCCNc1nc(Nc2ccccc2)nc(Nc2ccc(/C=C/c3ccc(Nc4nc(NCCCN(C)C)nc(N5CCOCC5)n4)cc3S(=O)(=O)O)c(S(=O)(=O)O)c2)n1. The zero-order valence-electron chi connectivity index (χ0n) is 35.4. The van der Waals surface area contributed by atoms with Crippen LogP contribution in [0.5, 0.6) is 0 Å². The predicted molar refractivity (Wildman–Crippen MR) is 244 cm³/mol. The molecule has 0 radical (unpaired) electrons. The van der Waals surface area contributed by atoms with Crippen LogP contribution in [0.1, 0.15) is 24.0 Å². The molecule has 0 unspecified atom stereocenters. The molecule has 2 aromatic heterocycles. The Bertz CT molecular complexity index is 2580. The second-order valence-electron chi connectivity index (χ2n) is 14.9. The first-order chi connectivity index (χ1) is 30.1. The van der Waals surface area contributed by atoms with Gasteiger partial charge >= 0.3 is 0 Å². The zero-order valence-corrected chi connectivity index (χ0v) is 37.0. The minimum absolute atomic E-state index is 0.0169. The largest absolute Gasteiger partial charge is 0.378 e. The Morgan fingerprint density at radius 2 is 1.03 bits per heavy atom. The van der Waals surface area contributed by atoms with Gasteiger partial charge in [0.05, 0.1) is 13.2 Å². The van der Waals surface area contributed by atoms with Gasteiger partial charge < -0.3 is 46.0 Å². The van der Waals surface area contributed by atoms with Gasteiger partial charge in [-0.25, -0.2) is 0 Å². The Kier molecular flexibility index (Phi) is 15.7. The summed E-state index contributed by atoms with van der Waals surface area (Å²) in [5.41, 5.74) is 1.22. The van der Waals surface area contributed by atoms with Gasteiger partial charge in [0.1, 0.15) is 9.79 Å². The summed E-state index contributed by atoms with van der Waals surface area (Å²) in [6.45, 7) is 5.01. The molecule has 6 rings (SSSR count).